The van der Waals surface area contributed by atoms with E-state index in [1.165, 1.54) is 36.3 Å². The fraction of sp³-hybridized carbons (Fsp3) is 0.391. The summed E-state index contributed by atoms with van der Waals surface area (Å²) in [6.07, 6.45) is 1.95. The van der Waals surface area contributed by atoms with Crippen LogP contribution < -0.4 is 14.8 Å². The molecule has 1 heterocycles. The molecule has 0 spiro atoms. The first kappa shape index (κ1) is 22.9. The number of carbonyl (C=O) groups is 2. The maximum Gasteiger partial charge on any atom is 0.387 e. The van der Waals surface area contributed by atoms with Crippen LogP contribution in [-0.4, -0.2) is 49.6 Å². The molecule has 2 aromatic carbocycles. The molecule has 10 heteroatoms. The minimum Gasteiger partial charge on any atom is -0.497 e. The van der Waals surface area contributed by atoms with Crippen LogP contribution in [0.15, 0.2) is 36.4 Å². The molecule has 4 rings (SSSR count). The molecule has 1 saturated carbocycles. The Morgan fingerprint density at radius 3 is 2.30 bits per heavy atom. The number of likely N-dealkylation sites (tertiary alicyclic amines) is 1. The van der Waals surface area contributed by atoms with Crippen molar-refractivity contribution >= 4 is 11.8 Å². The molecular weight excluding hydrogens is 444 g/mol. The van der Waals surface area contributed by atoms with Gasteiger partial charge < -0.3 is 19.7 Å². The van der Waals surface area contributed by atoms with Crippen LogP contribution in [0.25, 0.3) is 0 Å². The zero-order valence-corrected chi connectivity index (χ0v) is 17.7. The van der Waals surface area contributed by atoms with Crippen molar-refractivity contribution in [1.29, 1.82) is 0 Å². The van der Waals surface area contributed by atoms with Crippen LogP contribution >= 0.6 is 0 Å². The van der Waals surface area contributed by atoms with Crippen molar-refractivity contribution in [2.45, 2.75) is 31.4 Å². The molecule has 2 fully saturated rings. The van der Waals surface area contributed by atoms with Gasteiger partial charge in [-0.2, -0.15) is 8.78 Å². The minimum atomic E-state index is -3.01. The maximum atomic E-state index is 14.8. The number of halogens is 4. The second-order valence-corrected chi connectivity index (χ2v) is 8.15. The highest BCUT2D eigenvalue weighted by Gasteiger charge is 2.45. The molecule has 2 atom stereocenters. The van der Waals surface area contributed by atoms with Crippen molar-refractivity contribution in [3.8, 4) is 11.5 Å². The van der Waals surface area contributed by atoms with Crippen molar-refractivity contribution in [1.82, 2.24) is 10.2 Å². The normalized spacial score (nSPS) is 20.3. The van der Waals surface area contributed by atoms with E-state index < -0.39 is 42.0 Å². The molecule has 2 aromatic rings. The molecular formula is C23H22F4N2O4. The summed E-state index contributed by atoms with van der Waals surface area (Å²) in [5.74, 6) is -3.58. The summed E-state index contributed by atoms with van der Waals surface area (Å²) >= 11 is 0. The number of amides is 2. The summed E-state index contributed by atoms with van der Waals surface area (Å²) in [5, 5.41) is 2.58. The van der Waals surface area contributed by atoms with Crippen LogP contribution in [0.3, 0.4) is 0 Å². The molecule has 33 heavy (non-hydrogen) atoms. The average molecular weight is 466 g/mol. The number of ether oxygens (including phenoxy) is 2. The zero-order valence-electron chi connectivity index (χ0n) is 17.7. The quantitative estimate of drug-likeness (QED) is 0.603. The average Bonchev–Trinajstić information content (AvgIpc) is 3.54. The van der Waals surface area contributed by atoms with E-state index in [1.54, 1.807) is 0 Å². The first-order valence-electron chi connectivity index (χ1n) is 10.4. The van der Waals surface area contributed by atoms with Crippen LogP contribution in [0.1, 0.15) is 34.7 Å². The van der Waals surface area contributed by atoms with Gasteiger partial charge in [0.25, 0.3) is 5.91 Å². The minimum absolute atomic E-state index is 0.000369. The number of alkyl halides is 2. The van der Waals surface area contributed by atoms with Gasteiger partial charge in [0.15, 0.2) is 0 Å². The molecule has 2 amide bonds. The molecule has 0 radical (unpaired) electrons. The lowest BCUT2D eigenvalue weighted by molar-refractivity contribution is -0.129. The van der Waals surface area contributed by atoms with Gasteiger partial charge in [-0.15, -0.1) is 0 Å². The molecule has 6 nitrogen and oxygen atoms in total. The SMILES string of the molecule is COc1cc(F)c(C2CN(CC3CC3)C(=O)[C@H]2NC(=O)c2ccc(OC(F)F)cc2)c(F)c1. The Morgan fingerprint density at radius 1 is 1.12 bits per heavy atom. The first-order chi connectivity index (χ1) is 15.8. The van der Waals surface area contributed by atoms with Crippen LogP contribution in [0.2, 0.25) is 0 Å². The highest BCUT2D eigenvalue weighted by molar-refractivity contribution is 5.98. The van der Waals surface area contributed by atoms with Crippen LogP contribution in [0.5, 0.6) is 11.5 Å². The Balaban J connectivity index is 1.59. The number of hydrogen-bond donors (Lipinski definition) is 1. The monoisotopic (exact) mass is 466 g/mol. The van der Waals surface area contributed by atoms with E-state index in [1.807, 2.05) is 0 Å². The number of methoxy groups -OCH3 is 1. The van der Waals surface area contributed by atoms with E-state index in [2.05, 4.69) is 10.1 Å². The van der Waals surface area contributed by atoms with Crippen LogP contribution in [0, 0.1) is 17.6 Å². The molecule has 1 N–H and O–H groups in total. The van der Waals surface area contributed by atoms with Crippen LogP contribution in [0.4, 0.5) is 17.6 Å². The van der Waals surface area contributed by atoms with Crippen molar-refractivity contribution in [2.75, 3.05) is 20.2 Å². The Hall–Kier alpha value is -3.30. The van der Waals surface area contributed by atoms with E-state index in [0.29, 0.717) is 12.5 Å². The van der Waals surface area contributed by atoms with Crippen molar-refractivity contribution < 1.29 is 36.6 Å². The van der Waals surface area contributed by atoms with Gasteiger partial charge in [0.05, 0.1) is 7.11 Å². The number of carbonyl (C=O) groups excluding carboxylic acids is 2. The lowest BCUT2D eigenvalue weighted by atomic mass is 9.92. The molecule has 2 aliphatic rings. The number of rotatable bonds is 8. The lowest BCUT2D eigenvalue weighted by Gasteiger charge is -2.20. The smallest absolute Gasteiger partial charge is 0.387 e. The number of benzene rings is 2. The highest BCUT2D eigenvalue weighted by atomic mass is 19.3. The fourth-order valence-electron chi connectivity index (χ4n) is 4.04. The summed E-state index contributed by atoms with van der Waals surface area (Å²) in [7, 11) is 1.28. The highest BCUT2D eigenvalue weighted by Crippen LogP contribution is 2.37. The van der Waals surface area contributed by atoms with Gasteiger partial charge in [-0.1, -0.05) is 0 Å². The largest absolute Gasteiger partial charge is 0.497 e. The molecule has 1 aliphatic carbocycles. The summed E-state index contributed by atoms with van der Waals surface area (Å²) < 4.78 is 63.5. The zero-order chi connectivity index (χ0) is 23.7. The topological polar surface area (TPSA) is 67.9 Å². The van der Waals surface area contributed by atoms with E-state index in [0.717, 1.165) is 25.0 Å². The van der Waals surface area contributed by atoms with Gasteiger partial charge in [-0.05, 0) is 43.0 Å². The molecule has 0 aromatic heterocycles. The third kappa shape index (κ3) is 5.04. The van der Waals surface area contributed by atoms with E-state index in [-0.39, 0.29) is 29.2 Å². The summed E-state index contributed by atoms with van der Waals surface area (Å²) in [5.41, 5.74) is -0.215. The van der Waals surface area contributed by atoms with E-state index >= 15 is 0 Å². The molecule has 1 aliphatic heterocycles. The summed E-state index contributed by atoms with van der Waals surface area (Å²) in [6, 6.07) is 5.79. The second-order valence-electron chi connectivity index (χ2n) is 8.15. The van der Waals surface area contributed by atoms with E-state index in [4.69, 9.17) is 4.74 Å². The fourth-order valence-corrected chi connectivity index (χ4v) is 4.04. The molecule has 0 bridgehead atoms. The number of nitrogens with zero attached hydrogens (tertiary/aromatic N) is 1. The van der Waals surface area contributed by atoms with Gasteiger partial charge >= 0.3 is 6.61 Å². The molecule has 1 saturated heterocycles. The molecule has 1 unspecified atom stereocenters. The lowest BCUT2D eigenvalue weighted by Crippen LogP contribution is -2.44. The van der Waals surface area contributed by atoms with Crippen molar-refractivity contribution in [3.63, 3.8) is 0 Å². The van der Waals surface area contributed by atoms with Crippen molar-refractivity contribution in [2.24, 2.45) is 5.92 Å². The Kier molecular flexibility index (Phi) is 6.44. The first-order valence-corrected chi connectivity index (χ1v) is 10.4. The van der Waals surface area contributed by atoms with Gasteiger partial charge in [-0.3, -0.25) is 9.59 Å². The van der Waals surface area contributed by atoms with E-state index in [9.17, 15) is 27.2 Å². The number of hydrogen-bond acceptors (Lipinski definition) is 4. The standard InChI is InChI=1S/C23H22F4N2O4/c1-32-15-8-17(24)19(18(25)9-15)16-11-29(10-12-2-3-12)22(31)20(16)28-21(30)13-4-6-14(7-5-13)33-23(26)27/h4-9,12,16,20,23H,2-3,10-11H2,1H3,(H,28,30)/t16?,20-/m0/s1. The Bertz CT molecular complexity index is 1020. The maximum absolute atomic E-state index is 14.8. The third-order valence-electron chi connectivity index (χ3n) is 5.86. The van der Waals surface area contributed by atoms with Gasteiger partial charge in [0, 0.05) is 42.3 Å². The van der Waals surface area contributed by atoms with Gasteiger partial charge in [0.1, 0.15) is 29.2 Å². The number of nitrogens with one attached hydrogen (secondary N) is 1. The summed E-state index contributed by atoms with van der Waals surface area (Å²) in [4.78, 5) is 27.4. The van der Waals surface area contributed by atoms with Gasteiger partial charge in [-0.25, -0.2) is 8.78 Å². The van der Waals surface area contributed by atoms with Gasteiger partial charge in [0.2, 0.25) is 5.91 Å². The molecule has 176 valence electrons. The van der Waals surface area contributed by atoms with Crippen LogP contribution in [-0.2, 0) is 4.79 Å². The summed E-state index contributed by atoms with van der Waals surface area (Å²) in [6.45, 7) is -2.49. The Morgan fingerprint density at radius 2 is 1.76 bits per heavy atom. The predicted molar refractivity (Wildman–Crippen MR) is 109 cm³/mol. The predicted octanol–water partition coefficient (Wildman–Crippen LogP) is 3.71. The third-order valence-corrected chi connectivity index (χ3v) is 5.86. The van der Waals surface area contributed by atoms with Crippen molar-refractivity contribution in [3.05, 3.63) is 59.2 Å². The second kappa shape index (κ2) is 9.29. The Labute approximate surface area is 187 Å².